The second-order valence-electron chi connectivity index (χ2n) is 6.27. The molecule has 0 unspecified atom stereocenters. The van der Waals surface area contributed by atoms with Gasteiger partial charge in [-0.2, -0.15) is 5.10 Å². The minimum atomic E-state index is -0.214. The van der Waals surface area contributed by atoms with Gasteiger partial charge in [-0.25, -0.2) is 14.6 Å². The fourth-order valence-electron chi connectivity index (χ4n) is 2.97. The lowest BCUT2D eigenvalue weighted by molar-refractivity contribution is 0.0950. The predicted octanol–water partition coefficient (Wildman–Crippen LogP) is 3.64. The van der Waals surface area contributed by atoms with Crippen molar-refractivity contribution in [2.45, 2.75) is 13.5 Å². The number of rotatable bonds is 6. The molecule has 7 nitrogen and oxygen atoms in total. The standard InChI is InChI=1S/C21H19N5O2S/c1-14-16(20(27)23-12-15-6-3-4-7-18(15)28-2)13-24-26(14)21-22-10-9-17(25-21)19-8-5-11-29-19/h3-11,13H,12H2,1-2H3,(H,23,27). The average molecular weight is 405 g/mol. The maximum Gasteiger partial charge on any atom is 0.255 e. The van der Waals surface area contributed by atoms with Crippen LogP contribution in [0.5, 0.6) is 5.75 Å². The van der Waals surface area contributed by atoms with Crippen LogP contribution in [0.2, 0.25) is 0 Å². The van der Waals surface area contributed by atoms with Crippen LogP contribution in [-0.4, -0.2) is 32.8 Å². The molecule has 3 heterocycles. The van der Waals surface area contributed by atoms with Crippen molar-refractivity contribution in [2.75, 3.05) is 7.11 Å². The van der Waals surface area contributed by atoms with Gasteiger partial charge in [0, 0.05) is 18.3 Å². The van der Waals surface area contributed by atoms with Gasteiger partial charge in [0.15, 0.2) is 0 Å². The van der Waals surface area contributed by atoms with Crippen LogP contribution in [0.25, 0.3) is 16.5 Å². The quantitative estimate of drug-likeness (QED) is 0.530. The second-order valence-corrected chi connectivity index (χ2v) is 7.22. The van der Waals surface area contributed by atoms with E-state index in [4.69, 9.17) is 4.74 Å². The van der Waals surface area contributed by atoms with Crippen LogP contribution in [0.4, 0.5) is 0 Å². The molecule has 1 amide bonds. The first-order valence-corrected chi connectivity index (χ1v) is 9.87. The zero-order chi connectivity index (χ0) is 20.2. The maximum absolute atomic E-state index is 12.7. The summed E-state index contributed by atoms with van der Waals surface area (Å²) in [5.74, 6) is 0.949. The highest BCUT2D eigenvalue weighted by Gasteiger charge is 2.17. The molecule has 1 aromatic carbocycles. The molecule has 0 aliphatic heterocycles. The number of hydrogen-bond acceptors (Lipinski definition) is 6. The fourth-order valence-corrected chi connectivity index (χ4v) is 3.66. The SMILES string of the molecule is COc1ccccc1CNC(=O)c1cnn(-c2nccc(-c3cccs3)n2)c1C. The van der Waals surface area contributed by atoms with Gasteiger partial charge in [-0.1, -0.05) is 24.3 Å². The molecule has 0 saturated heterocycles. The Morgan fingerprint density at radius 3 is 2.86 bits per heavy atom. The van der Waals surface area contributed by atoms with E-state index in [1.807, 2.05) is 54.8 Å². The van der Waals surface area contributed by atoms with Gasteiger partial charge in [-0.15, -0.1) is 11.3 Å². The van der Waals surface area contributed by atoms with Gasteiger partial charge >= 0.3 is 0 Å². The van der Waals surface area contributed by atoms with Crippen LogP contribution in [0, 0.1) is 6.92 Å². The van der Waals surface area contributed by atoms with E-state index >= 15 is 0 Å². The Hall–Kier alpha value is -3.52. The molecule has 0 saturated carbocycles. The number of thiophene rings is 1. The third-order valence-corrected chi connectivity index (χ3v) is 5.38. The van der Waals surface area contributed by atoms with Gasteiger partial charge in [0.1, 0.15) is 5.75 Å². The molecule has 146 valence electrons. The highest BCUT2D eigenvalue weighted by molar-refractivity contribution is 7.13. The lowest BCUT2D eigenvalue weighted by atomic mass is 10.2. The van der Waals surface area contributed by atoms with E-state index in [9.17, 15) is 4.79 Å². The molecule has 0 aliphatic rings. The van der Waals surface area contributed by atoms with Gasteiger partial charge in [0.05, 0.1) is 35.1 Å². The number of benzene rings is 1. The zero-order valence-corrected chi connectivity index (χ0v) is 16.8. The largest absolute Gasteiger partial charge is 0.496 e. The molecule has 0 aliphatic carbocycles. The van der Waals surface area contributed by atoms with Crippen LogP contribution in [0.3, 0.4) is 0 Å². The molecule has 4 aromatic rings. The molecule has 3 aromatic heterocycles. The molecule has 0 fully saturated rings. The number of amides is 1. The van der Waals surface area contributed by atoms with Crippen molar-refractivity contribution in [3.8, 4) is 22.3 Å². The Labute approximate surface area is 172 Å². The molecule has 0 atom stereocenters. The Balaban J connectivity index is 1.54. The molecular formula is C21H19N5O2S. The van der Waals surface area contributed by atoms with E-state index in [0.29, 0.717) is 23.8 Å². The number of ether oxygens (including phenoxy) is 1. The maximum atomic E-state index is 12.7. The summed E-state index contributed by atoms with van der Waals surface area (Å²) in [4.78, 5) is 22.6. The van der Waals surface area contributed by atoms with Crippen molar-refractivity contribution in [2.24, 2.45) is 0 Å². The Morgan fingerprint density at radius 1 is 1.21 bits per heavy atom. The molecule has 29 heavy (non-hydrogen) atoms. The van der Waals surface area contributed by atoms with Crippen molar-refractivity contribution in [3.63, 3.8) is 0 Å². The minimum Gasteiger partial charge on any atom is -0.496 e. The molecule has 4 rings (SSSR count). The Bertz CT molecular complexity index is 1140. The highest BCUT2D eigenvalue weighted by atomic mass is 32.1. The van der Waals surface area contributed by atoms with Gasteiger partial charge < -0.3 is 10.1 Å². The zero-order valence-electron chi connectivity index (χ0n) is 16.0. The number of carbonyl (C=O) groups is 1. The fraction of sp³-hybridized carbons (Fsp3) is 0.143. The van der Waals surface area contributed by atoms with E-state index in [0.717, 1.165) is 21.9 Å². The summed E-state index contributed by atoms with van der Waals surface area (Å²) in [7, 11) is 1.61. The summed E-state index contributed by atoms with van der Waals surface area (Å²) in [5.41, 5.74) is 2.87. The van der Waals surface area contributed by atoms with E-state index in [1.165, 1.54) is 6.20 Å². The molecule has 0 radical (unpaired) electrons. The Kier molecular flexibility index (Phi) is 5.35. The number of aromatic nitrogens is 4. The van der Waals surface area contributed by atoms with Crippen LogP contribution in [-0.2, 0) is 6.54 Å². The van der Waals surface area contributed by atoms with Crippen LogP contribution in [0.1, 0.15) is 21.6 Å². The summed E-state index contributed by atoms with van der Waals surface area (Å²) in [6.45, 7) is 2.18. The van der Waals surface area contributed by atoms with E-state index in [1.54, 1.807) is 29.3 Å². The predicted molar refractivity (Wildman–Crippen MR) is 111 cm³/mol. The molecule has 0 bridgehead atoms. The van der Waals surface area contributed by atoms with Crippen molar-refractivity contribution in [3.05, 3.63) is 77.1 Å². The summed E-state index contributed by atoms with van der Waals surface area (Å²) in [6, 6.07) is 13.4. The average Bonchev–Trinajstić information content (AvgIpc) is 3.42. The van der Waals surface area contributed by atoms with Crippen LogP contribution in [0.15, 0.2) is 60.2 Å². The minimum absolute atomic E-state index is 0.214. The van der Waals surface area contributed by atoms with Crippen molar-refractivity contribution in [1.82, 2.24) is 25.1 Å². The van der Waals surface area contributed by atoms with Crippen molar-refractivity contribution in [1.29, 1.82) is 0 Å². The summed E-state index contributed by atoms with van der Waals surface area (Å²) in [6.07, 6.45) is 3.23. The molecule has 0 spiro atoms. The first kappa shape index (κ1) is 18.8. The number of para-hydroxylation sites is 1. The number of hydrogen-bond donors (Lipinski definition) is 1. The van der Waals surface area contributed by atoms with Gasteiger partial charge in [-0.05, 0) is 30.5 Å². The summed E-state index contributed by atoms with van der Waals surface area (Å²) >= 11 is 1.61. The van der Waals surface area contributed by atoms with Crippen molar-refractivity contribution >= 4 is 17.2 Å². The van der Waals surface area contributed by atoms with E-state index in [-0.39, 0.29) is 5.91 Å². The molecule has 1 N–H and O–H groups in total. The molecular weight excluding hydrogens is 386 g/mol. The van der Waals surface area contributed by atoms with Crippen LogP contribution < -0.4 is 10.1 Å². The third-order valence-electron chi connectivity index (χ3n) is 4.49. The highest BCUT2D eigenvalue weighted by Crippen LogP contribution is 2.23. The Morgan fingerprint density at radius 2 is 2.07 bits per heavy atom. The number of nitrogens with one attached hydrogen (secondary N) is 1. The number of nitrogens with zero attached hydrogens (tertiary/aromatic N) is 4. The topological polar surface area (TPSA) is 81.9 Å². The monoisotopic (exact) mass is 405 g/mol. The first-order chi connectivity index (χ1) is 14.2. The normalized spacial score (nSPS) is 10.7. The van der Waals surface area contributed by atoms with Gasteiger partial charge in [-0.3, -0.25) is 4.79 Å². The lowest BCUT2D eigenvalue weighted by Crippen LogP contribution is -2.23. The van der Waals surface area contributed by atoms with E-state index < -0.39 is 0 Å². The van der Waals surface area contributed by atoms with E-state index in [2.05, 4.69) is 20.4 Å². The van der Waals surface area contributed by atoms with Crippen molar-refractivity contribution < 1.29 is 9.53 Å². The smallest absolute Gasteiger partial charge is 0.255 e. The first-order valence-electron chi connectivity index (χ1n) is 8.99. The number of methoxy groups -OCH3 is 1. The summed E-state index contributed by atoms with van der Waals surface area (Å²) in [5, 5.41) is 9.25. The van der Waals surface area contributed by atoms with Gasteiger partial charge in [0.2, 0.25) is 0 Å². The van der Waals surface area contributed by atoms with Gasteiger partial charge in [0.25, 0.3) is 11.9 Å². The second kappa shape index (κ2) is 8.24. The molecule has 8 heteroatoms. The van der Waals surface area contributed by atoms with Crippen LogP contribution >= 0.6 is 11.3 Å². The third kappa shape index (κ3) is 3.88. The summed E-state index contributed by atoms with van der Waals surface area (Å²) < 4.78 is 6.91. The number of carbonyl (C=O) groups excluding carboxylic acids is 1. The lowest BCUT2D eigenvalue weighted by Gasteiger charge is -2.09.